The van der Waals surface area contributed by atoms with Gasteiger partial charge in [-0.15, -0.1) is 0 Å². The third-order valence-electron chi connectivity index (χ3n) is 4.77. The topological polar surface area (TPSA) is 68.5 Å². The standard InChI is InChI=1S/C24H24N4O2S/c1-3-17-6-5-7-19(14-17)26-23(29)16-31-24-22-15-21(27-28(22)13-12-25-24)18-8-10-20(11-9-18)30-4-2/h5-15H,3-4,16H2,1-2H3,(H,26,29). The summed E-state index contributed by atoms with van der Waals surface area (Å²) in [5, 5.41) is 8.38. The van der Waals surface area contributed by atoms with Crippen molar-refractivity contribution in [1.29, 1.82) is 0 Å². The summed E-state index contributed by atoms with van der Waals surface area (Å²) < 4.78 is 7.30. The van der Waals surface area contributed by atoms with Crippen LogP contribution >= 0.6 is 11.8 Å². The average Bonchev–Trinajstić information content (AvgIpc) is 3.23. The number of anilines is 1. The molecule has 2 aromatic carbocycles. The SMILES string of the molecule is CCOc1ccc(-c2cc3c(SCC(=O)Nc4cccc(CC)c4)nccn3n2)cc1. The Hall–Kier alpha value is -3.32. The number of amides is 1. The Bertz CT molecular complexity index is 1190. The number of carbonyl (C=O) groups excluding carboxylic acids is 1. The fraction of sp³-hybridized carbons (Fsp3) is 0.208. The number of benzene rings is 2. The minimum absolute atomic E-state index is 0.0618. The number of carbonyl (C=O) groups is 1. The van der Waals surface area contributed by atoms with Crippen LogP contribution in [0.2, 0.25) is 0 Å². The molecular weight excluding hydrogens is 408 g/mol. The van der Waals surface area contributed by atoms with E-state index in [9.17, 15) is 4.79 Å². The van der Waals surface area contributed by atoms with Crippen LogP contribution in [0.15, 0.2) is 72.0 Å². The summed E-state index contributed by atoms with van der Waals surface area (Å²) in [7, 11) is 0. The van der Waals surface area contributed by atoms with Crippen molar-refractivity contribution in [1.82, 2.24) is 14.6 Å². The van der Waals surface area contributed by atoms with Crippen molar-refractivity contribution in [2.75, 3.05) is 17.7 Å². The quantitative estimate of drug-likeness (QED) is 0.393. The maximum atomic E-state index is 12.4. The van der Waals surface area contributed by atoms with Gasteiger partial charge in [-0.25, -0.2) is 9.50 Å². The molecule has 4 rings (SSSR count). The smallest absolute Gasteiger partial charge is 0.234 e. The molecule has 0 aliphatic heterocycles. The molecule has 0 atom stereocenters. The Morgan fingerprint density at radius 3 is 2.74 bits per heavy atom. The van der Waals surface area contributed by atoms with E-state index in [2.05, 4.69) is 28.4 Å². The van der Waals surface area contributed by atoms with E-state index >= 15 is 0 Å². The number of hydrogen-bond acceptors (Lipinski definition) is 5. The molecule has 0 spiro atoms. The second kappa shape index (κ2) is 9.66. The molecule has 31 heavy (non-hydrogen) atoms. The largest absolute Gasteiger partial charge is 0.494 e. The zero-order valence-electron chi connectivity index (χ0n) is 17.5. The van der Waals surface area contributed by atoms with E-state index < -0.39 is 0 Å². The van der Waals surface area contributed by atoms with Crippen molar-refractivity contribution in [2.45, 2.75) is 25.3 Å². The molecule has 0 saturated carbocycles. The molecule has 2 heterocycles. The molecule has 0 bridgehead atoms. The molecule has 0 aliphatic carbocycles. The summed E-state index contributed by atoms with van der Waals surface area (Å²) in [6, 6.07) is 17.8. The van der Waals surface area contributed by atoms with Gasteiger partial charge in [0, 0.05) is 23.6 Å². The number of nitrogens with zero attached hydrogens (tertiary/aromatic N) is 3. The highest BCUT2D eigenvalue weighted by molar-refractivity contribution is 8.00. The maximum Gasteiger partial charge on any atom is 0.234 e. The number of nitrogens with one attached hydrogen (secondary N) is 1. The van der Waals surface area contributed by atoms with Gasteiger partial charge in [-0.2, -0.15) is 5.10 Å². The van der Waals surface area contributed by atoms with E-state index in [1.165, 1.54) is 17.3 Å². The number of hydrogen-bond donors (Lipinski definition) is 1. The van der Waals surface area contributed by atoms with E-state index in [0.717, 1.165) is 39.7 Å². The average molecular weight is 433 g/mol. The lowest BCUT2D eigenvalue weighted by Gasteiger charge is -2.07. The zero-order chi connectivity index (χ0) is 21.6. The molecule has 4 aromatic rings. The Kier molecular flexibility index (Phi) is 6.52. The lowest BCUT2D eigenvalue weighted by Crippen LogP contribution is -2.14. The Labute approximate surface area is 185 Å². The molecule has 0 fully saturated rings. The monoisotopic (exact) mass is 432 g/mol. The van der Waals surface area contributed by atoms with E-state index in [4.69, 9.17) is 4.74 Å². The van der Waals surface area contributed by atoms with Crippen molar-refractivity contribution in [3.63, 3.8) is 0 Å². The lowest BCUT2D eigenvalue weighted by molar-refractivity contribution is -0.113. The van der Waals surface area contributed by atoms with Gasteiger partial charge >= 0.3 is 0 Å². The summed E-state index contributed by atoms with van der Waals surface area (Å²) in [6.07, 6.45) is 4.45. The van der Waals surface area contributed by atoms with Gasteiger partial charge in [0.2, 0.25) is 5.91 Å². The summed E-state index contributed by atoms with van der Waals surface area (Å²) in [5.41, 5.74) is 4.73. The molecule has 6 nitrogen and oxygen atoms in total. The molecule has 2 aromatic heterocycles. The first kappa shape index (κ1) is 20.9. The van der Waals surface area contributed by atoms with Crippen molar-refractivity contribution in [2.24, 2.45) is 0 Å². The highest BCUT2D eigenvalue weighted by Gasteiger charge is 2.12. The van der Waals surface area contributed by atoms with Crippen molar-refractivity contribution in [3.05, 3.63) is 72.6 Å². The minimum atomic E-state index is -0.0618. The van der Waals surface area contributed by atoms with Crippen LogP contribution in [0, 0.1) is 0 Å². The van der Waals surface area contributed by atoms with Crippen LogP contribution < -0.4 is 10.1 Å². The Morgan fingerprint density at radius 2 is 1.97 bits per heavy atom. The lowest BCUT2D eigenvalue weighted by atomic mass is 10.1. The zero-order valence-corrected chi connectivity index (χ0v) is 18.4. The maximum absolute atomic E-state index is 12.4. The molecule has 1 N–H and O–H groups in total. The molecule has 0 aliphatic rings. The molecule has 0 radical (unpaired) electrons. The summed E-state index contributed by atoms with van der Waals surface area (Å²) >= 11 is 1.40. The summed E-state index contributed by atoms with van der Waals surface area (Å²) in [4.78, 5) is 16.9. The molecule has 0 saturated heterocycles. The highest BCUT2D eigenvalue weighted by atomic mass is 32.2. The van der Waals surface area contributed by atoms with Crippen LogP contribution in [0.25, 0.3) is 16.8 Å². The van der Waals surface area contributed by atoms with Crippen molar-refractivity contribution in [3.8, 4) is 17.0 Å². The molecule has 0 unspecified atom stereocenters. The van der Waals surface area contributed by atoms with Gasteiger partial charge in [-0.1, -0.05) is 30.8 Å². The number of fused-ring (bicyclic) bond motifs is 1. The molecular formula is C24H24N4O2S. The Morgan fingerprint density at radius 1 is 1.13 bits per heavy atom. The third-order valence-corrected chi connectivity index (χ3v) is 5.77. The van der Waals surface area contributed by atoms with Gasteiger partial charge in [-0.3, -0.25) is 4.79 Å². The van der Waals surface area contributed by atoms with Crippen LogP contribution in [0.4, 0.5) is 5.69 Å². The van der Waals surface area contributed by atoms with E-state index in [1.807, 2.05) is 61.7 Å². The molecule has 1 amide bonds. The normalized spacial score (nSPS) is 10.9. The van der Waals surface area contributed by atoms with Crippen LogP contribution in [-0.2, 0) is 11.2 Å². The third kappa shape index (κ3) is 5.06. The van der Waals surface area contributed by atoms with Crippen molar-refractivity contribution >= 4 is 28.9 Å². The number of ether oxygens (including phenoxy) is 1. The fourth-order valence-electron chi connectivity index (χ4n) is 3.24. The number of thioether (sulfide) groups is 1. The number of rotatable bonds is 8. The first-order chi connectivity index (χ1) is 15.2. The van der Waals surface area contributed by atoms with E-state index in [1.54, 1.807) is 10.7 Å². The summed E-state index contributed by atoms with van der Waals surface area (Å²) in [5.74, 6) is 1.05. The van der Waals surface area contributed by atoms with Crippen LogP contribution in [-0.4, -0.2) is 32.9 Å². The van der Waals surface area contributed by atoms with Gasteiger partial charge < -0.3 is 10.1 Å². The van der Waals surface area contributed by atoms with E-state index in [-0.39, 0.29) is 11.7 Å². The van der Waals surface area contributed by atoms with Crippen molar-refractivity contribution < 1.29 is 9.53 Å². The molecule has 7 heteroatoms. The van der Waals surface area contributed by atoms with Gasteiger partial charge in [0.1, 0.15) is 10.8 Å². The van der Waals surface area contributed by atoms with Gasteiger partial charge in [-0.05, 0) is 61.4 Å². The van der Waals surface area contributed by atoms with Gasteiger partial charge in [0.15, 0.2) is 0 Å². The van der Waals surface area contributed by atoms with Crippen LogP contribution in [0.5, 0.6) is 5.75 Å². The first-order valence-electron chi connectivity index (χ1n) is 10.3. The number of aromatic nitrogens is 3. The van der Waals surface area contributed by atoms with Gasteiger partial charge in [0.25, 0.3) is 0 Å². The van der Waals surface area contributed by atoms with Crippen LogP contribution in [0.3, 0.4) is 0 Å². The predicted molar refractivity (Wildman–Crippen MR) is 125 cm³/mol. The first-order valence-corrected chi connectivity index (χ1v) is 11.2. The summed E-state index contributed by atoms with van der Waals surface area (Å²) in [6.45, 7) is 4.69. The fourth-order valence-corrected chi connectivity index (χ4v) is 4.01. The van der Waals surface area contributed by atoms with Crippen LogP contribution in [0.1, 0.15) is 19.4 Å². The van der Waals surface area contributed by atoms with Gasteiger partial charge in [0.05, 0.1) is 23.6 Å². The van der Waals surface area contributed by atoms with E-state index in [0.29, 0.717) is 6.61 Å². The minimum Gasteiger partial charge on any atom is -0.494 e. The molecule has 158 valence electrons. The Balaban J connectivity index is 1.47. The highest BCUT2D eigenvalue weighted by Crippen LogP contribution is 2.27. The predicted octanol–water partition coefficient (Wildman–Crippen LogP) is 5.09. The second-order valence-electron chi connectivity index (χ2n) is 6.94. The number of aryl methyl sites for hydroxylation is 1. The second-order valence-corrected chi connectivity index (χ2v) is 7.90.